The van der Waals surface area contributed by atoms with Gasteiger partial charge in [0.05, 0.1) is 19.4 Å². The lowest BCUT2D eigenvalue weighted by atomic mass is 10.2. The van der Waals surface area contributed by atoms with Crippen LogP contribution < -0.4 is 20.6 Å². The van der Waals surface area contributed by atoms with Crippen molar-refractivity contribution in [2.45, 2.75) is 27.2 Å². The molecule has 2 aromatic rings. The third kappa shape index (κ3) is 5.44. The fourth-order valence-electron chi connectivity index (χ4n) is 2.12. The van der Waals surface area contributed by atoms with Gasteiger partial charge in [-0.05, 0) is 50.1 Å². The fraction of sp³-hybridized carbons (Fsp3) is 0.333. The molecule has 2 rings (SSSR count). The molecule has 26 heavy (non-hydrogen) atoms. The molecule has 0 atom stereocenters. The molecule has 0 saturated carbocycles. The first-order valence-electron chi connectivity index (χ1n) is 8.34. The number of nitrogens with one attached hydrogen (secondary N) is 2. The van der Waals surface area contributed by atoms with Crippen molar-refractivity contribution in [1.29, 1.82) is 0 Å². The highest BCUT2D eigenvalue weighted by Gasteiger charge is 2.08. The maximum absolute atomic E-state index is 12.0. The summed E-state index contributed by atoms with van der Waals surface area (Å²) in [5.74, 6) is 0.713. The van der Waals surface area contributed by atoms with Gasteiger partial charge in [-0.3, -0.25) is 4.79 Å². The van der Waals surface area contributed by atoms with Crippen molar-refractivity contribution in [2.75, 3.05) is 13.2 Å². The van der Waals surface area contributed by atoms with Gasteiger partial charge in [0.1, 0.15) is 5.69 Å². The van der Waals surface area contributed by atoms with Gasteiger partial charge in [-0.2, -0.15) is 10.1 Å². The molecule has 8 nitrogen and oxygen atoms in total. The van der Waals surface area contributed by atoms with Crippen LogP contribution in [0.1, 0.15) is 42.0 Å². The molecule has 2 N–H and O–H groups in total. The smallest absolute Gasteiger partial charge is 0.345 e. The van der Waals surface area contributed by atoms with Crippen LogP contribution in [0.3, 0.4) is 0 Å². The minimum absolute atomic E-state index is 0.00159. The molecule has 0 radical (unpaired) electrons. The zero-order valence-electron chi connectivity index (χ0n) is 15.0. The molecule has 1 amide bonds. The summed E-state index contributed by atoms with van der Waals surface area (Å²) in [7, 11) is 0. The van der Waals surface area contributed by atoms with E-state index >= 15 is 0 Å². The molecule has 0 aliphatic rings. The number of H-pyrrole nitrogens is 1. The van der Waals surface area contributed by atoms with Crippen LogP contribution in [0.2, 0.25) is 0 Å². The van der Waals surface area contributed by atoms with Gasteiger partial charge in [-0.15, -0.1) is 0 Å². The summed E-state index contributed by atoms with van der Waals surface area (Å²) in [5, 5.41) is 3.90. The Morgan fingerprint density at radius 1 is 1.27 bits per heavy atom. The molecule has 0 fully saturated rings. The Balaban J connectivity index is 2.08. The number of carbonyl (C=O) groups is 1. The van der Waals surface area contributed by atoms with E-state index in [1.165, 1.54) is 12.3 Å². The van der Waals surface area contributed by atoms with Crippen molar-refractivity contribution in [2.24, 2.45) is 5.10 Å². The van der Waals surface area contributed by atoms with Crippen LogP contribution in [-0.2, 0) is 0 Å². The SMILES string of the molecule is CCCOc1ccc(/C=N/NC(=O)c2cc(C)[nH]c(=O)n2)cc1OCC. The van der Waals surface area contributed by atoms with E-state index in [9.17, 15) is 9.59 Å². The second kappa shape index (κ2) is 9.36. The predicted octanol–water partition coefficient (Wildman–Crippen LogP) is 2.03. The minimum Gasteiger partial charge on any atom is -0.490 e. The van der Waals surface area contributed by atoms with Crippen LogP contribution in [0, 0.1) is 6.92 Å². The van der Waals surface area contributed by atoms with Crippen molar-refractivity contribution in [1.82, 2.24) is 15.4 Å². The first kappa shape index (κ1) is 19.2. The summed E-state index contributed by atoms with van der Waals surface area (Å²) >= 11 is 0. The highest BCUT2D eigenvalue weighted by atomic mass is 16.5. The number of nitrogens with zero attached hydrogens (tertiary/aromatic N) is 2. The first-order chi connectivity index (χ1) is 12.5. The summed E-state index contributed by atoms with van der Waals surface area (Å²) in [6.07, 6.45) is 2.38. The van der Waals surface area contributed by atoms with Gasteiger partial charge < -0.3 is 14.5 Å². The monoisotopic (exact) mass is 358 g/mol. The quantitative estimate of drug-likeness (QED) is 0.555. The number of hydrogen-bond acceptors (Lipinski definition) is 6. The second-order valence-electron chi connectivity index (χ2n) is 5.44. The number of hydrogen-bond donors (Lipinski definition) is 2. The zero-order chi connectivity index (χ0) is 18.9. The van der Waals surface area contributed by atoms with Crippen molar-refractivity contribution < 1.29 is 14.3 Å². The van der Waals surface area contributed by atoms with E-state index in [4.69, 9.17) is 9.47 Å². The van der Waals surface area contributed by atoms with Crippen molar-refractivity contribution in [3.05, 3.63) is 51.7 Å². The van der Waals surface area contributed by atoms with Gasteiger partial charge in [-0.1, -0.05) is 6.92 Å². The fourth-order valence-corrected chi connectivity index (χ4v) is 2.12. The van der Waals surface area contributed by atoms with Crippen molar-refractivity contribution >= 4 is 12.1 Å². The Hall–Kier alpha value is -3.16. The van der Waals surface area contributed by atoms with Gasteiger partial charge in [-0.25, -0.2) is 10.2 Å². The van der Waals surface area contributed by atoms with E-state index in [1.807, 2.05) is 13.8 Å². The number of aryl methyl sites for hydroxylation is 1. The molecule has 1 heterocycles. The van der Waals surface area contributed by atoms with Crippen LogP contribution in [-0.4, -0.2) is 35.3 Å². The zero-order valence-corrected chi connectivity index (χ0v) is 15.0. The van der Waals surface area contributed by atoms with E-state index in [0.29, 0.717) is 30.4 Å². The predicted molar refractivity (Wildman–Crippen MR) is 98.1 cm³/mol. The van der Waals surface area contributed by atoms with Gasteiger partial charge in [0.25, 0.3) is 5.91 Å². The van der Waals surface area contributed by atoms with Crippen molar-refractivity contribution in [3.63, 3.8) is 0 Å². The Labute approximate surface area is 151 Å². The number of ether oxygens (including phenoxy) is 2. The number of amides is 1. The highest BCUT2D eigenvalue weighted by molar-refractivity contribution is 5.93. The number of carbonyl (C=O) groups excluding carboxylic acids is 1. The third-order valence-corrected chi connectivity index (χ3v) is 3.22. The van der Waals surface area contributed by atoms with E-state index in [0.717, 1.165) is 12.0 Å². The molecule has 8 heteroatoms. The number of rotatable bonds is 8. The van der Waals surface area contributed by atoms with Crippen LogP contribution in [0.4, 0.5) is 0 Å². The molecule has 0 unspecified atom stereocenters. The van der Waals surface area contributed by atoms with E-state index < -0.39 is 11.6 Å². The lowest BCUT2D eigenvalue weighted by molar-refractivity contribution is 0.0949. The van der Waals surface area contributed by atoms with Gasteiger partial charge in [0.15, 0.2) is 11.5 Å². The average molecular weight is 358 g/mol. The van der Waals surface area contributed by atoms with Crippen molar-refractivity contribution in [3.8, 4) is 11.5 Å². The highest BCUT2D eigenvalue weighted by Crippen LogP contribution is 2.28. The molecular formula is C18H22N4O4. The Morgan fingerprint density at radius 2 is 2.08 bits per heavy atom. The van der Waals surface area contributed by atoms with Crippen LogP contribution in [0.5, 0.6) is 11.5 Å². The molecular weight excluding hydrogens is 336 g/mol. The largest absolute Gasteiger partial charge is 0.490 e. The maximum Gasteiger partial charge on any atom is 0.345 e. The van der Waals surface area contributed by atoms with Crippen LogP contribution in [0.15, 0.2) is 34.2 Å². The van der Waals surface area contributed by atoms with Crippen LogP contribution >= 0.6 is 0 Å². The Kier molecular flexibility index (Phi) is 6.90. The Morgan fingerprint density at radius 3 is 2.77 bits per heavy atom. The molecule has 1 aromatic heterocycles. The summed E-state index contributed by atoms with van der Waals surface area (Å²) in [6, 6.07) is 6.85. The maximum atomic E-state index is 12.0. The molecule has 0 bridgehead atoms. The standard InChI is InChI=1S/C18H22N4O4/c1-4-8-26-15-7-6-13(10-16(15)25-5-2)11-19-22-17(23)14-9-12(3)20-18(24)21-14/h6-7,9-11H,4-5,8H2,1-3H3,(H,22,23)(H,20,21,24)/b19-11+. The number of aromatic amines is 1. The van der Waals surface area contributed by atoms with Gasteiger partial charge in [0, 0.05) is 5.69 Å². The number of aromatic nitrogens is 2. The number of hydrazone groups is 1. The lowest BCUT2D eigenvalue weighted by Crippen LogP contribution is -2.24. The molecule has 1 aromatic carbocycles. The lowest BCUT2D eigenvalue weighted by Gasteiger charge is -2.11. The minimum atomic E-state index is -0.580. The summed E-state index contributed by atoms with van der Waals surface area (Å²) in [5.41, 5.74) is 3.04. The Bertz CT molecular complexity index is 845. The van der Waals surface area contributed by atoms with E-state index in [-0.39, 0.29) is 5.69 Å². The normalized spacial score (nSPS) is 10.7. The van der Waals surface area contributed by atoms with Gasteiger partial charge in [0.2, 0.25) is 0 Å². The molecule has 138 valence electrons. The summed E-state index contributed by atoms with van der Waals surface area (Å²) in [4.78, 5) is 29.4. The number of benzene rings is 1. The van der Waals surface area contributed by atoms with E-state index in [2.05, 4.69) is 20.5 Å². The first-order valence-corrected chi connectivity index (χ1v) is 8.34. The van der Waals surface area contributed by atoms with Gasteiger partial charge >= 0.3 is 5.69 Å². The molecule has 0 aliphatic carbocycles. The topological polar surface area (TPSA) is 106 Å². The third-order valence-electron chi connectivity index (χ3n) is 3.22. The van der Waals surface area contributed by atoms with E-state index in [1.54, 1.807) is 25.1 Å². The molecule has 0 saturated heterocycles. The average Bonchev–Trinajstić information content (AvgIpc) is 2.60. The van der Waals surface area contributed by atoms with Crippen LogP contribution in [0.25, 0.3) is 0 Å². The molecule has 0 aliphatic heterocycles. The summed E-state index contributed by atoms with van der Waals surface area (Å²) < 4.78 is 11.2. The second-order valence-corrected chi connectivity index (χ2v) is 5.44. The molecule has 0 spiro atoms. The summed E-state index contributed by atoms with van der Waals surface area (Å²) in [6.45, 7) is 6.70.